The lowest BCUT2D eigenvalue weighted by atomic mass is 9.46. The molecule has 3 saturated carbocycles. The summed E-state index contributed by atoms with van der Waals surface area (Å²) in [5, 5.41) is 23.0. The van der Waals surface area contributed by atoms with Crippen LogP contribution >= 0.6 is 0 Å². The molecular formula is C26H36O6. The van der Waals surface area contributed by atoms with Crippen LogP contribution in [0.15, 0.2) is 23.8 Å². The third kappa shape index (κ3) is 3.25. The number of ether oxygens (including phenoxy) is 1. The van der Waals surface area contributed by atoms with Gasteiger partial charge in [-0.2, -0.15) is 0 Å². The average Bonchev–Trinajstić information content (AvgIpc) is 2.97. The highest BCUT2D eigenvalue weighted by Gasteiger charge is 2.68. The normalized spacial score (nSPS) is 43.1. The Hall–Kier alpha value is -1.79. The summed E-state index contributed by atoms with van der Waals surface area (Å²) in [5.74, 6) is -0.791. The molecule has 4 rings (SSSR count). The van der Waals surface area contributed by atoms with E-state index in [0.717, 1.165) is 18.4 Å². The maximum atomic E-state index is 13.2. The number of Topliss-reactive ketones (excluding diaryl/α,β-unsaturated/α-hetero) is 1. The number of hydrogen-bond donors (Lipinski definition) is 2. The minimum atomic E-state index is -1.63. The third-order valence-corrected chi connectivity index (χ3v) is 9.06. The highest BCUT2D eigenvalue weighted by molar-refractivity contribution is 6.01. The molecule has 2 N–H and O–H groups in total. The first-order valence-corrected chi connectivity index (χ1v) is 11.8. The molecule has 176 valence electrons. The molecule has 0 saturated heterocycles. The molecule has 7 atom stereocenters. The predicted molar refractivity (Wildman–Crippen MR) is 118 cm³/mol. The first-order chi connectivity index (χ1) is 14.7. The van der Waals surface area contributed by atoms with Crippen molar-refractivity contribution in [3.8, 4) is 0 Å². The Balaban J connectivity index is 1.60. The van der Waals surface area contributed by atoms with Crippen LogP contribution in [0.2, 0.25) is 0 Å². The molecule has 4 aliphatic rings. The number of aliphatic hydroxyl groups excluding tert-OH is 1. The van der Waals surface area contributed by atoms with E-state index in [1.54, 1.807) is 32.9 Å². The summed E-state index contributed by atoms with van der Waals surface area (Å²) in [5.41, 5.74) is -2.45. The molecule has 0 amide bonds. The number of aliphatic hydroxyl groups is 2. The van der Waals surface area contributed by atoms with E-state index in [4.69, 9.17) is 4.74 Å². The van der Waals surface area contributed by atoms with Gasteiger partial charge in [0.05, 0.1) is 11.5 Å². The summed E-state index contributed by atoms with van der Waals surface area (Å²) in [4.78, 5) is 37.3. The van der Waals surface area contributed by atoms with Crippen LogP contribution in [-0.2, 0) is 19.1 Å². The minimum absolute atomic E-state index is 0.00305. The Kier molecular flexibility index (Phi) is 5.37. The van der Waals surface area contributed by atoms with Gasteiger partial charge in [0.25, 0.3) is 0 Å². The molecule has 0 radical (unpaired) electrons. The summed E-state index contributed by atoms with van der Waals surface area (Å²) >= 11 is 0. The van der Waals surface area contributed by atoms with Gasteiger partial charge in [0.1, 0.15) is 5.60 Å². The number of carbonyl (C=O) groups excluding carboxylic acids is 3. The zero-order valence-corrected chi connectivity index (χ0v) is 19.8. The van der Waals surface area contributed by atoms with Crippen molar-refractivity contribution in [2.24, 2.45) is 34.0 Å². The van der Waals surface area contributed by atoms with Gasteiger partial charge in [0, 0.05) is 16.7 Å². The fourth-order valence-corrected chi connectivity index (χ4v) is 7.26. The molecule has 0 spiro atoms. The SMILES string of the molecule is CC(C)(C)C(=O)OCC(=O)[C@]1(O)CC[C@@H]2[C@H]3CCC4=CC(=O)C=C[C@]4(C)[C@@H]3[C@H](O)C[C@@]21C. The first kappa shape index (κ1) is 23.4. The van der Waals surface area contributed by atoms with E-state index in [-0.39, 0.29) is 29.0 Å². The number of fused-ring (bicyclic) bond motifs is 5. The van der Waals surface area contributed by atoms with Gasteiger partial charge in [-0.1, -0.05) is 25.5 Å². The molecule has 6 nitrogen and oxygen atoms in total. The zero-order valence-electron chi connectivity index (χ0n) is 19.8. The Bertz CT molecular complexity index is 910. The molecule has 4 aliphatic carbocycles. The van der Waals surface area contributed by atoms with Gasteiger partial charge in [0.2, 0.25) is 5.78 Å². The molecule has 3 fully saturated rings. The molecule has 0 aromatic heterocycles. The largest absolute Gasteiger partial charge is 0.457 e. The second kappa shape index (κ2) is 7.36. The molecule has 0 aromatic rings. The van der Waals surface area contributed by atoms with Crippen molar-refractivity contribution in [3.63, 3.8) is 0 Å². The second-order valence-electron chi connectivity index (χ2n) is 11.9. The maximum absolute atomic E-state index is 13.2. The number of ketones is 2. The molecule has 0 aromatic carbocycles. The van der Waals surface area contributed by atoms with Crippen molar-refractivity contribution in [1.82, 2.24) is 0 Å². The van der Waals surface area contributed by atoms with Crippen molar-refractivity contribution in [3.05, 3.63) is 23.8 Å². The zero-order chi connectivity index (χ0) is 23.7. The monoisotopic (exact) mass is 444 g/mol. The van der Waals surface area contributed by atoms with E-state index in [1.807, 2.05) is 13.0 Å². The summed E-state index contributed by atoms with van der Waals surface area (Å²) in [6, 6.07) is 0. The summed E-state index contributed by atoms with van der Waals surface area (Å²) < 4.78 is 5.24. The Morgan fingerprint density at radius 1 is 1.22 bits per heavy atom. The highest BCUT2D eigenvalue weighted by Crippen LogP contribution is 2.67. The van der Waals surface area contributed by atoms with Crippen LogP contribution in [0.25, 0.3) is 0 Å². The van der Waals surface area contributed by atoms with Gasteiger partial charge in [-0.3, -0.25) is 14.4 Å². The number of allylic oxidation sites excluding steroid dienone is 4. The Labute approximate surface area is 190 Å². The third-order valence-electron chi connectivity index (χ3n) is 9.06. The van der Waals surface area contributed by atoms with E-state index in [0.29, 0.717) is 19.3 Å². The van der Waals surface area contributed by atoms with Crippen LogP contribution in [0.5, 0.6) is 0 Å². The van der Waals surface area contributed by atoms with E-state index in [9.17, 15) is 24.6 Å². The van der Waals surface area contributed by atoms with Crippen molar-refractivity contribution >= 4 is 17.5 Å². The smallest absolute Gasteiger partial charge is 0.311 e. The molecule has 0 unspecified atom stereocenters. The van der Waals surface area contributed by atoms with E-state index < -0.39 is 40.9 Å². The summed E-state index contributed by atoms with van der Waals surface area (Å²) in [6.07, 6.45) is 7.48. The van der Waals surface area contributed by atoms with E-state index in [1.165, 1.54) is 0 Å². The van der Waals surface area contributed by atoms with Gasteiger partial charge in [-0.25, -0.2) is 0 Å². The van der Waals surface area contributed by atoms with Crippen LogP contribution in [-0.4, -0.2) is 46.1 Å². The number of esters is 1. The average molecular weight is 445 g/mol. The van der Waals surface area contributed by atoms with Crippen LogP contribution in [0.3, 0.4) is 0 Å². The van der Waals surface area contributed by atoms with Crippen molar-refractivity contribution in [2.75, 3.05) is 6.61 Å². The standard InChI is InChI=1S/C26H36O6/c1-23(2,3)22(30)32-14-20(29)26(31)11-9-18-17-7-6-15-12-16(27)8-10-24(15,4)21(17)19(28)13-25(18,26)5/h8,10,12,17-19,21,28,31H,6-7,9,11,13-14H2,1-5H3/t17-,18-,19-,21+,24+,25+,26-/m1/s1. The fraction of sp³-hybridized carbons (Fsp3) is 0.731. The van der Waals surface area contributed by atoms with Gasteiger partial charge >= 0.3 is 5.97 Å². The molecular weight excluding hydrogens is 408 g/mol. The molecule has 0 aliphatic heterocycles. The fourth-order valence-electron chi connectivity index (χ4n) is 7.26. The second-order valence-corrected chi connectivity index (χ2v) is 11.9. The van der Waals surface area contributed by atoms with E-state index in [2.05, 4.69) is 6.92 Å². The maximum Gasteiger partial charge on any atom is 0.311 e. The summed E-state index contributed by atoms with van der Waals surface area (Å²) in [7, 11) is 0. The van der Waals surface area contributed by atoms with Crippen LogP contribution < -0.4 is 0 Å². The minimum Gasteiger partial charge on any atom is -0.457 e. The molecule has 0 bridgehead atoms. The van der Waals surface area contributed by atoms with Gasteiger partial charge in [0.15, 0.2) is 12.4 Å². The van der Waals surface area contributed by atoms with Gasteiger partial charge in [-0.05, 0) is 76.9 Å². The lowest BCUT2D eigenvalue weighted by molar-refractivity contribution is -0.182. The Morgan fingerprint density at radius 2 is 1.91 bits per heavy atom. The van der Waals surface area contributed by atoms with Gasteiger partial charge < -0.3 is 14.9 Å². The van der Waals surface area contributed by atoms with Crippen LogP contribution in [0.4, 0.5) is 0 Å². The molecule has 0 heterocycles. The van der Waals surface area contributed by atoms with E-state index >= 15 is 0 Å². The van der Waals surface area contributed by atoms with Crippen LogP contribution in [0.1, 0.15) is 66.7 Å². The van der Waals surface area contributed by atoms with Gasteiger partial charge in [-0.15, -0.1) is 0 Å². The van der Waals surface area contributed by atoms with Crippen molar-refractivity contribution in [2.45, 2.75) is 78.4 Å². The molecule has 6 heteroatoms. The first-order valence-electron chi connectivity index (χ1n) is 11.8. The highest BCUT2D eigenvalue weighted by atomic mass is 16.5. The topological polar surface area (TPSA) is 101 Å². The van der Waals surface area contributed by atoms with Crippen LogP contribution in [0, 0.1) is 34.0 Å². The van der Waals surface area contributed by atoms with Crippen molar-refractivity contribution < 1.29 is 29.3 Å². The molecule has 32 heavy (non-hydrogen) atoms. The number of hydrogen-bond acceptors (Lipinski definition) is 6. The Morgan fingerprint density at radius 3 is 2.56 bits per heavy atom. The quantitative estimate of drug-likeness (QED) is 0.649. The summed E-state index contributed by atoms with van der Waals surface area (Å²) in [6.45, 7) is 8.73. The lowest BCUT2D eigenvalue weighted by Gasteiger charge is -2.59. The number of carbonyl (C=O) groups is 3. The number of rotatable bonds is 3. The lowest BCUT2D eigenvalue weighted by Crippen LogP contribution is -2.61. The predicted octanol–water partition coefficient (Wildman–Crippen LogP) is 3.15. The van der Waals surface area contributed by atoms with Crippen molar-refractivity contribution in [1.29, 1.82) is 0 Å².